The number of carbonyl (C=O) groups is 3. The van der Waals surface area contributed by atoms with E-state index in [0.29, 0.717) is 18.4 Å². The van der Waals surface area contributed by atoms with Crippen LogP contribution >= 0.6 is 0 Å². The maximum Gasteiger partial charge on any atom is 0.407 e. The minimum absolute atomic E-state index is 0.0260. The van der Waals surface area contributed by atoms with E-state index in [2.05, 4.69) is 18.5 Å². The molecule has 0 atom stereocenters. The minimum atomic E-state index is -0.702. The fourth-order valence-electron chi connectivity index (χ4n) is 1.54. The number of allylic oxidation sites excluding steroid dienone is 2. The van der Waals surface area contributed by atoms with Gasteiger partial charge in [-0.15, -0.1) is 0 Å². The number of rotatable bonds is 11. The highest BCUT2D eigenvalue weighted by Crippen LogP contribution is 1.98. The lowest BCUT2D eigenvalue weighted by molar-refractivity contribution is -0.132. The first kappa shape index (κ1) is 19.6. The molecule has 0 rings (SSSR count). The Bertz CT molecular complexity index is 430. The molecule has 6 heteroatoms. The number of hydrogen-bond donors (Lipinski definition) is 1. The van der Waals surface area contributed by atoms with Crippen LogP contribution in [0.2, 0.25) is 0 Å². The molecule has 122 valence electrons. The third-order valence-electron chi connectivity index (χ3n) is 2.78. The molecule has 1 N–H and O–H groups in total. The second-order valence-electron chi connectivity index (χ2n) is 4.47. The predicted molar refractivity (Wildman–Crippen MR) is 85.4 cm³/mol. The number of hydrogen-bond acceptors (Lipinski definition) is 4. The SMILES string of the molecule is C=C/C=C(\C=C)COC(=O)NCC(=O)N(CC=O)CCCC. The molecule has 0 heterocycles. The van der Waals surface area contributed by atoms with Crippen LogP contribution in [0.3, 0.4) is 0 Å². The van der Waals surface area contributed by atoms with E-state index in [1.54, 1.807) is 18.2 Å². The van der Waals surface area contributed by atoms with Gasteiger partial charge in [0.25, 0.3) is 0 Å². The van der Waals surface area contributed by atoms with Gasteiger partial charge in [-0.3, -0.25) is 4.79 Å². The lowest BCUT2D eigenvalue weighted by Gasteiger charge is -2.20. The van der Waals surface area contributed by atoms with Crippen molar-refractivity contribution in [2.24, 2.45) is 0 Å². The zero-order valence-electron chi connectivity index (χ0n) is 13.0. The Labute approximate surface area is 131 Å². The second kappa shape index (κ2) is 12.4. The Balaban J connectivity index is 4.22. The average molecular weight is 308 g/mol. The molecule has 0 bridgehead atoms. The van der Waals surface area contributed by atoms with Gasteiger partial charge in [-0.1, -0.05) is 44.7 Å². The maximum atomic E-state index is 11.9. The maximum absolute atomic E-state index is 11.9. The lowest BCUT2D eigenvalue weighted by Crippen LogP contribution is -2.41. The van der Waals surface area contributed by atoms with E-state index >= 15 is 0 Å². The van der Waals surface area contributed by atoms with Crippen molar-refractivity contribution in [3.05, 3.63) is 37.0 Å². The zero-order chi connectivity index (χ0) is 16.8. The van der Waals surface area contributed by atoms with Crippen LogP contribution in [0.5, 0.6) is 0 Å². The number of aldehydes is 1. The van der Waals surface area contributed by atoms with E-state index in [9.17, 15) is 14.4 Å². The molecule has 0 unspecified atom stereocenters. The lowest BCUT2D eigenvalue weighted by atomic mass is 10.2. The molecule has 0 saturated carbocycles. The van der Waals surface area contributed by atoms with Gasteiger partial charge in [0.1, 0.15) is 19.4 Å². The van der Waals surface area contributed by atoms with E-state index in [4.69, 9.17) is 4.74 Å². The minimum Gasteiger partial charge on any atom is -0.445 e. The Morgan fingerprint density at radius 2 is 2.05 bits per heavy atom. The van der Waals surface area contributed by atoms with Crippen LogP contribution in [0, 0.1) is 0 Å². The Morgan fingerprint density at radius 1 is 1.32 bits per heavy atom. The molecule has 6 nitrogen and oxygen atoms in total. The van der Waals surface area contributed by atoms with Crippen LogP contribution in [0.4, 0.5) is 4.79 Å². The van der Waals surface area contributed by atoms with Crippen LogP contribution in [0.1, 0.15) is 19.8 Å². The fourth-order valence-corrected chi connectivity index (χ4v) is 1.54. The number of nitrogens with one attached hydrogen (secondary N) is 1. The summed E-state index contributed by atoms with van der Waals surface area (Å²) in [6, 6.07) is 0. The first-order valence-electron chi connectivity index (χ1n) is 7.15. The average Bonchev–Trinajstić information content (AvgIpc) is 2.52. The van der Waals surface area contributed by atoms with Crippen molar-refractivity contribution in [3.63, 3.8) is 0 Å². The number of carbonyl (C=O) groups excluding carboxylic acids is 3. The molecular formula is C16H24N2O4. The van der Waals surface area contributed by atoms with Crippen molar-refractivity contribution in [1.82, 2.24) is 10.2 Å². The molecule has 22 heavy (non-hydrogen) atoms. The van der Waals surface area contributed by atoms with Crippen LogP contribution in [-0.4, -0.2) is 49.4 Å². The highest BCUT2D eigenvalue weighted by molar-refractivity contribution is 5.83. The third kappa shape index (κ3) is 8.73. The fraction of sp³-hybridized carbons (Fsp3) is 0.438. The normalized spacial score (nSPS) is 10.5. The Morgan fingerprint density at radius 3 is 2.59 bits per heavy atom. The van der Waals surface area contributed by atoms with Gasteiger partial charge < -0.3 is 19.7 Å². The van der Waals surface area contributed by atoms with Crippen molar-refractivity contribution in [2.75, 3.05) is 26.2 Å². The van der Waals surface area contributed by atoms with Crippen molar-refractivity contribution < 1.29 is 19.1 Å². The van der Waals surface area contributed by atoms with Crippen molar-refractivity contribution in [3.8, 4) is 0 Å². The van der Waals surface area contributed by atoms with Crippen LogP contribution in [0.15, 0.2) is 37.0 Å². The molecule has 0 aliphatic carbocycles. The third-order valence-corrected chi connectivity index (χ3v) is 2.78. The summed E-state index contributed by atoms with van der Waals surface area (Å²) in [4.78, 5) is 35.4. The van der Waals surface area contributed by atoms with Gasteiger partial charge in [0.15, 0.2) is 0 Å². The number of ether oxygens (including phenoxy) is 1. The van der Waals surface area contributed by atoms with Crippen molar-refractivity contribution in [2.45, 2.75) is 19.8 Å². The molecule has 0 aromatic heterocycles. The second-order valence-corrected chi connectivity index (χ2v) is 4.47. The first-order valence-corrected chi connectivity index (χ1v) is 7.15. The summed E-state index contributed by atoms with van der Waals surface area (Å²) in [5, 5.41) is 2.36. The Kier molecular flexibility index (Phi) is 11.0. The quantitative estimate of drug-likeness (QED) is 0.467. The molecule has 0 aromatic carbocycles. The summed E-state index contributed by atoms with van der Waals surface area (Å²) in [5.74, 6) is -0.317. The topological polar surface area (TPSA) is 75.7 Å². The molecule has 0 spiro atoms. The van der Waals surface area contributed by atoms with Gasteiger partial charge in [0.05, 0.1) is 6.54 Å². The summed E-state index contributed by atoms with van der Waals surface area (Å²) in [7, 11) is 0. The van der Waals surface area contributed by atoms with Gasteiger partial charge in [0.2, 0.25) is 5.91 Å². The summed E-state index contributed by atoms with van der Waals surface area (Å²) in [5.41, 5.74) is 0.696. The van der Waals surface area contributed by atoms with Gasteiger partial charge in [-0.05, 0) is 12.0 Å². The van der Waals surface area contributed by atoms with Gasteiger partial charge >= 0.3 is 6.09 Å². The van der Waals surface area contributed by atoms with E-state index in [-0.39, 0.29) is 25.6 Å². The standard InChI is InChI=1S/C16H24N2O4/c1-4-7-9-18(10-11-19)15(20)12-17-16(21)22-13-14(6-3)8-5-2/h5-6,8,11H,2-4,7,9-10,12-13H2,1H3,(H,17,21)/b14-8+. The van der Waals surface area contributed by atoms with E-state index in [1.165, 1.54) is 4.90 Å². The van der Waals surface area contributed by atoms with E-state index in [0.717, 1.165) is 12.8 Å². The number of nitrogens with zero attached hydrogens (tertiary/aromatic N) is 1. The highest BCUT2D eigenvalue weighted by atomic mass is 16.5. The molecule has 0 aliphatic heterocycles. The summed E-state index contributed by atoms with van der Waals surface area (Å²) >= 11 is 0. The van der Waals surface area contributed by atoms with Crippen molar-refractivity contribution in [1.29, 1.82) is 0 Å². The largest absolute Gasteiger partial charge is 0.445 e. The molecular weight excluding hydrogens is 284 g/mol. The van der Waals surface area contributed by atoms with E-state index < -0.39 is 6.09 Å². The van der Waals surface area contributed by atoms with Gasteiger partial charge in [-0.25, -0.2) is 4.79 Å². The predicted octanol–water partition coefficient (Wildman–Crippen LogP) is 1.84. The van der Waals surface area contributed by atoms with Gasteiger partial charge in [0, 0.05) is 6.54 Å². The summed E-state index contributed by atoms with van der Waals surface area (Å²) in [6.45, 7) is 9.47. The van der Waals surface area contributed by atoms with Crippen molar-refractivity contribution >= 4 is 18.3 Å². The molecule has 0 aromatic rings. The van der Waals surface area contributed by atoms with Crippen LogP contribution in [0.25, 0.3) is 0 Å². The smallest absolute Gasteiger partial charge is 0.407 e. The number of amides is 2. The van der Waals surface area contributed by atoms with E-state index in [1.807, 2.05) is 6.92 Å². The number of unbranched alkanes of at least 4 members (excludes halogenated alkanes) is 1. The van der Waals surface area contributed by atoms with Crippen LogP contribution in [-0.2, 0) is 14.3 Å². The number of alkyl carbamates (subject to hydrolysis) is 1. The highest BCUT2D eigenvalue weighted by Gasteiger charge is 2.14. The monoisotopic (exact) mass is 308 g/mol. The molecule has 0 saturated heterocycles. The molecule has 0 radical (unpaired) electrons. The first-order chi connectivity index (χ1) is 10.6. The molecule has 0 fully saturated rings. The molecule has 0 aliphatic rings. The summed E-state index contributed by atoms with van der Waals surface area (Å²) < 4.78 is 4.94. The van der Waals surface area contributed by atoms with Crippen LogP contribution < -0.4 is 5.32 Å². The molecule has 2 amide bonds. The Hall–Kier alpha value is -2.37. The van der Waals surface area contributed by atoms with Gasteiger partial charge in [-0.2, -0.15) is 0 Å². The zero-order valence-corrected chi connectivity index (χ0v) is 13.0. The summed E-state index contributed by atoms with van der Waals surface area (Å²) in [6.07, 6.45) is 6.47.